The van der Waals surface area contributed by atoms with E-state index < -0.39 is 5.72 Å². The molecule has 2 aromatic carbocycles. The first-order valence-electron chi connectivity index (χ1n) is 10.1. The summed E-state index contributed by atoms with van der Waals surface area (Å²) in [6, 6.07) is 20.9. The summed E-state index contributed by atoms with van der Waals surface area (Å²) in [5.41, 5.74) is 1.72. The van der Waals surface area contributed by atoms with E-state index in [0.717, 1.165) is 31.2 Å². The molecule has 0 aromatic heterocycles. The first-order valence-corrected chi connectivity index (χ1v) is 10.1. The highest BCUT2D eigenvalue weighted by atomic mass is 16.5. The maximum absolute atomic E-state index is 13.8. The molecule has 2 heterocycles. The summed E-state index contributed by atoms with van der Waals surface area (Å²) >= 11 is 0. The van der Waals surface area contributed by atoms with Crippen molar-refractivity contribution in [2.75, 3.05) is 0 Å². The molecule has 2 aliphatic heterocycles. The highest BCUT2D eigenvalue weighted by molar-refractivity contribution is 5.86. The van der Waals surface area contributed by atoms with Gasteiger partial charge >= 0.3 is 0 Å². The van der Waals surface area contributed by atoms with Crippen LogP contribution in [0.1, 0.15) is 50.3 Å². The van der Waals surface area contributed by atoms with Crippen LogP contribution in [-0.2, 0) is 16.0 Å². The molecule has 2 aromatic rings. The second-order valence-electron chi connectivity index (χ2n) is 8.80. The van der Waals surface area contributed by atoms with Crippen LogP contribution in [0.5, 0.6) is 0 Å². The molecular formula is C24H27NO2. The van der Waals surface area contributed by atoms with Crippen molar-refractivity contribution in [3.63, 3.8) is 0 Å². The summed E-state index contributed by atoms with van der Waals surface area (Å²) < 4.78 is 6.57. The van der Waals surface area contributed by atoms with Gasteiger partial charge in [-0.05, 0) is 56.6 Å². The number of fused-ring (bicyclic) bond motifs is 2. The van der Waals surface area contributed by atoms with Crippen molar-refractivity contribution in [1.29, 1.82) is 0 Å². The standard InChI is InChI=1S/C24H27NO2/c1-17-21(19-11-7-4-8-12-19)27-23(2)16-20-13-14-24(20,22(26)25(17)23)15-18-9-5-3-6-10-18/h3-12,17,20-21H,13-16H2,1-2H3/t17-,20-,21-,23+,24+/m1/s1. The molecular weight excluding hydrogens is 334 g/mol. The summed E-state index contributed by atoms with van der Waals surface area (Å²) in [6.45, 7) is 4.27. The zero-order chi connectivity index (χ0) is 18.6. The third-order valence-electron chi connectivity index (χ3n) is 7.22. The fraction of sp³-hybridized carbons (Fsp3) is 0.458. The van der Waals surface area contributed by atoms with Crippen molar-refractivity contribution in [3.05, 3.63) is 71.8 Å². The molecule has 1 amide bonds. The maximum Gasteiger partial charge on any atom is 0.231 e. The lowest BCUT2D eigenvalue weighted by molar-refractivity contribution is -0.202. The second kappa shape index (κ2) is 5.93. The molecule has 0 unspecified atom stereocenters. The molecule has 5 atom stereocenters. The predicted octanol–water partition coefficient (Wildman–Crippen LogP) is 4.73. The molecule has 3 aliphatic rings. The lowest BCUT2D eigenvalue weighted by Gasteiger charge is -2.58. The van der Waals surface area contributed by atoms with E-state index in [-0.39, 0.29) is 17.6 Å². The van der Waals surface area contributed by atoms with Crippen LogP contribution in [0.25, 0.3) is 0 Å². The van der Waals surface area contributed by atoms with Crippen molar-refractivity contribution < 1.29 is 9.53 Å². The van der Waals surface area contributed by atoms with Crippen LogP contribution in [0.3, 0.4) is 0 Å². The van der Waals surface area contributed by atoms with E-state index in [2.05, 4.69) is 55.1 Å². The largest absolute Gasteiger partial charge is 0.346 e. The van der Waals surface area contributed by atoms with E-state index in [1.54, 1.807) is 0 Å². The Morgan fingerprint density at radius 2 is 1.74 bits per heavy atom. The minimum atomic E-state index is -0.484. The minimum Gasteiger partial charge on any atom is -0.346 e. The Morgan fingerprint density at radius 3 is 2.37 bits per heavy atom. The Hall–Kier alpha value is -2.13. The molecule has 0 radical (unpaired) electrons. The molecule has 0 bridgehead atoms. The van der Waals surface area contributed by atoms with E-state index in [1.165, 1.54) is 5.56 Å². The van der Waals surface area contributed by atoms with E-state index in [9.17, 15) is 4.79 Å². The lowest BCUT2D eigenvalue weighted by atomic mass is 9.52. The van der Waals surface area contributed by atoms with E-state index in [4.69, 9.17) is 4.74 Å². The molecule has 0 N–H and O–H groups in total. The third kappa shape index (κ3) is 2.41. The average molecular weight is 361 g/mol. The number of amides is 1. The number of hydrogen-bond acceptors (Lipinski definition) is 2. The molecule has 2 saturated heterocycles. The minimum absolute atomic E-state index is 0.0496. The van der Waals surface area contributed by atoms with Crippen molar-refractivity contribution in [2.24, 2.45) is 11.3 Å². The fourth-order valence-electron chi connectivity index (χ4n) is 5.77. The lowest BCUT2D eigenvalue weighted by Crippen LogP contribution is -2.66. The first-order chi connectivity index (χ1) is 13.0. The molecule has 27 heavy (non-hydrogen) atoms. The Balaban J connectivity index is 1.49. The molecule has 3 heteroatoms. The maximum atomic E-state index is 13.8. The van der Waals surface area contributed by atoms with Gasteiger partial charge in [-0.25, -0.2) is 0 Å². The Bertz CT molecular complexity index is 851. The topological polar surface area (TPSA) is 29.5 Å². The van der Waals surface area contributed by atoms with E-state index in [1.807, 2.05) is 24.3 Å². The number of carbonyl (C=O) groups excluding carboxylic acids is 1. The van der Waals surface area contributed by atoms with Crippen LogP contribution in [0.15, 0.2) is 60.7 Å². The number of benzene rings is 2. The van der Waals surface area contributed by atoms with Crippen LogP contribution < -0.4 is 0 Å². The number of rotatable bonds is 3. The smallest absolute Gasteiger partial charge is 0.231 e. The van der Waals surface area contributed by atoms with Crippen LogP contribution in [0.2, 0.25) is 0 Å². The van der Waals surface area contributed by atoms with Crippen molar-refractivity contribution in [1.82, 2.24) is 4.90 Å². The second-order valence-corrected chi connectivity index (χ2v) is 8.80. The van der Waals surface area contributed by atoms with Crippen LogP contribution >= 0.6 is 0 Å². The van der Waals surface area contributed by atoms with Crippen LogP contribution in [0, 0.1) is 11.3 Å². The zero-order valence-electron chi connectivity index (χ0n) is 16.1. The molecule has 1 aliphatic carbocycles. The number of carbonyl (C=O) groups is 1. The van der Waals surface area contributed by atoms with Crippen LogP contribution in [-0.4, -0.2) is 22.6 Å². The first kappa shape index (κ1) is 17.0. The van der Waals surface area contributed by atoms with Crippen molar-refractivity contribution in [2.45, 2.75) is 57.4 Å². The van der Waals surface area contributed by atoms with Gasteiger partial charge in [0, 0.05) is 0 Å². The Morgan fingerprint density at radius 1 is 1.07 bits per heavy atom. The fourth-order valence-corrected chi connectivity index (χ4v) is 5.77. The molecule has 3 nitrogen and oxygen atoms in total. The van der Waals surface area contributed by atoms with Gasteiger partial charge in [0.15, 0.2) is 0 Å². The number of piperidine rings is 1. The highest BCUT2D eigenvalue weighted by Gasteiger charge is 2.66. The van der Waals surface area contributed by atoms with Gasteiger partial charge in [0.2, 0.25) is 5.91 Å². The van der Waals surface area contributed by atoms with Gasteiger partial charge in [-0.2, -0.15) is 0 Å². The Kier molecular flexibility index (Phi) is 3.74. The number of hydrogen-bond donors (Lipinski definition) is 0. The highest BCUT2D eigenvalue weighted by Crippen LogP contribution is 2.61. The van der Waals surface area contributed by atoms with Gasteiger partial charge < -0.3 is 9.64 Å². The number of nitrogens with zero attached hydrogens (tertiary/aromatic N) is 1. The quantitative estimate of drug-likeness (QED) is 0.791. The van der Waals surface area contributed by atoms with Gasteiger partial charge in [0.1, 0.15) is 11.8 Å². The van der Waals surface area contributed by atoms with E-state index in [0.29, 0.717) is 11.8 Å². The summed E-state index contributed by atoms with van der Waals surface area (Å²) in [5.74, 6) is 0.732. The normalized spacial score (nSPS) is 37.5. The van der Waals surface area contributed by atoms with Crippen LogP contribution in [0.4, 0.5) is 0 Å². The van der Waals surface area contributed by atoms with Crippen molar-refractivity contribution >= 4 is 5.91 Å². The molecule has 140 valence electrons. The summed E-state index contributed by atoms with van der Waals surface area (Å²) in [4.78, 5) is 15.9. The number of ether oxygens (including phenoxy) is 1. The van der Waals surface area contributed by atoms with Gasteiger partial charge in [0.25, 0.3) is 0 Å². The van der Waals surface area contributed by atoms with Gasteiger partial charge in [-0.15, -0.1) is 0 Å². The van der Waals surface area contributed by atoms with Gasteiger partial charge in [-0.3, -0.25) is 4.79 Å². The molecule has 1 saturated carbocycles. The van der Waals surface area contributed by atoms with E-state index >= 15 is 0 Å². The SMILES string of the molecule is C[C@@H]1[C@H](c2ccccc2)O[C@@]2(C)C[C@H]3CC[C@@]3(Cc3ccccc3)C(=O)N12. The molecule has 0 spiro atoms. The predicted molar refractivity (Wildman–Crippen MR) is 105 cm³/mol. The summed E-state index contributed by atoms with van der Waals surface area (Å²) in [7, 11) is 0. The van der Waals surface area contributed by atoms with Gasteiger partial charge in [-0.1, -0.05) is 60.7 Å². The van der Waals surface area contributed by atoms with Gasteiger partial charge in [0.05, 0.1) is 11.5 Å². The monoisotopic (exact) mass is 361 g/mol. The third-order valence-corrected chi connectivity index (χ3v) is 7.22. The Labute approximate surface area is 161 Å². The average Bonchev–Trinajstić information content (AvgIpc) is 2.95. The summed E-state index contributed by atoms with van der Waals surface area (Å²) in [6.07, 6.45) is 3.88. The molecule has 5 rings (SSSR count). The molecule has 3 fully saturated rings. The summed E-state index contributed by atoms with van der Waals surface area (Å²) in [5, 5.41) is 0. The van der Waals surface area contributed by atoms with Crippen molar-refractivity contribution in [3.8, 4) is 0 Å². The zero-order valence-corrected chi connectivity index (χ0v) is 16.1.